The molecule has 0 aromatic rings. The first-order chi connectivity index (χ1) is 7.81. The normalized spacial score (nSPS) is 20.1. The zero-order chi connectivity index (χ0) is 13.1. The van der Waals surface area contributed by atoms with Crippen molar-refractivity contribution in [3.63, 3.8) is 0 Å². The van der Waals surface area contributed by atoms with Crippen molar-refractivity contribution < 1.29 is 14.6 Å². The summed E-state index contributed by atoms with van der Waals surface area (Å²) < 4.78 is 5.31. The summed E-state index contributed by atoms with van der Waals surface area (Å²) >= 11 is 0. The highest BCUT2D eigenvalue weighted by molar-refractivity contribution is 5.78. The van der Waals surface area contributed by atoms with Crippen LogP contribution in [0.4, 0.5) is 0 Å². The van der Waals surface area contributed by atoms with Gasteiger partial charge in [-0.15, -0.1) is 0 Å². The van der Waals surface area contributed by atoms with Crippen LogP contribution in [0.15, 0.2) is 0 Å². The SMILES string of the molecule is CC(C(=O)N(C)CC(C)(C)O)C1CCOCC1. The van der Waals surface area contributed by atoms with Crippen molar-refractivity contribution in [3.05, 3.63) is 0 Å². The van der Waals surface area contributed by atoms with Gasteiger partial charge in [-0.1, -0.05) is 6.92 Å². The number of ether oxygens (including phenoxy) is 1. The maximum atomic E-state index is 12.2. The molecule has 1 aliphatic heterocycles. The summed E-state index contributed by atoms with van der Waals surface area (Å²) in [6.45, 7) is 7.32. The Balaban J connectivity index is 2.50. The predicted molar refractivity (Wildman–Crippen MR) is 66.6 cm³/mol. The topological polar surface area (TPSA) is 49.8 Å². The number of hydrogen-bond donors (Lipinski definition) is 1. The molecule has 4 nitrogen and oxygen atoms in total. The molecular formula is C13H25NO3. The standard InChI is InChI=1S/C13H25NO3/c1-10(11-5-7-17-8-6-11)12(15)14(4)9-13(2,3)16/h10-11,16H,5-9H2,1-4H3. The molecule has 0 aromatic carbocycles. The molecule has 0 saturated carbocycles. The van der Waals surface area contributed by atoms with Gasteiger partial charge in [0, 0.05) is 32.7 Å². The fourth-order valence-corrected chi connectivity index (χ4v) is 2.42. The van der Waals surface area contributed by atoms with E-state index in [-0.39, 0.29) is 11.8 Å². The number of likely N-dealkylation sites (N-methyl/N-ethyl adjacent to an activating group) is 1. The van der Waals surface area contributed by atoms with E-state index in [0.717, 1.165) is 26.1 Å². The second-order valence-corrected chi connectivity index (χ2v) is 5.75. The Morgan fingerprint density at radius 3 is 2.47 bits per heavy atom. The number of carbonyl (C=O) groups excluding carboxylic acids is 1. The van der Waals surface area contributed by atoms with Gasteiger partial charge >= 0.3 is 0 Å². The van der Waals surface area contributed by atoms with Gasteiger partial charge in [-0.05, 0) is 32.6 Å². The van der Waals surface area contributed by atoms with E-state index in [9.17, 15) is 9.90 Å². The second-order valence-electron chi connectivity index (χ2n) is 5.75. The van der Waals surface area contributed by atoms with Crippen molar-refractivity contribution in [2.75, 3.05) is 26.8 Å². The van der Waals surface area contributed by atoms with Crippen molar-refractivity contribution in [3.8, 4) is 0 Å². The van der Waals surface area contributed by atoms with Crippen LogP contribution in [-0.4, -0.2) is 48.3 Å². The molecule has 1 N–H and O–H groups in total. The molecule has 0 spiro atoms. The van der Waals surface area contributed by atoms with Crippen LogP contribution < -0.4 is 0 Å². The number of nitrogens with zero attached hydrogens (tertiary/aromatic N) is 1. The first-order valence-electron chi connectivity index (χ1n) is 6.36. The molecule has 0 radical (unpaired) electrons. The van der Waals surface area contributed by atoms with E-state index in [1.54, 1.807) is 25.8 Å². The summed E-state index contributed by atoms with van der Waals surface area (Å²) in [6, 6.07) is 0. The smallest absolute Gasteiger partial charge is 0.225 e. The highest BCUT2D eigenvalue weighted by Crippen LogP contribution is 2.25. The van der Waals surface area contributed by atoms with Crippen molar-refractivity contribution in [2.45, 2.75) is 39.2 Å². The third-order valence-electron chi connectivity index (χ3n) is 3.36. The van der Waals surface area contributed by atoms with Crippen LogP contribution in [0.5, 0.6) is 0 Å². The first-order valence-corrected chi connectivity index (χ1v) is 6.36. The Kier molecular flexibility index (Phi) is 4.95. The van der Waals surface area contributed by atoms with Gasteiger partial charge in [0.1, 0.15) is 0 Å². The molecule has 0 aromatic heterocycles. The minimum atomic E-state index is -0.834. The summed E-state index contributed by atoms with van der Waals surface area (Å²) in [4.78, 5) is 13.8. The lowest BCUT2D eigenvalue weighted by Crippen LogP contribution is -2.43. The molecular weight excluding hydrogens is 218 g/mol. The number of rotatable bonds is 4. The Hall–Kier alpha value is -0.610. The molecule has 0 bridgehead atoms. The number of carbonyl (C=O) groups is 1. The first kappa shape index (κ1) is 14.5. The zero-order valence-corrected chi connectivity index (χ0v) is 11.4. The molecule has 1 saturated heterocycles. The number of hydrogen-bond acceptors (Lipinski definition) is 3. The summed E-state index contributed by atoms with van der Waals surface area (Å²) in [5, 5.41) is 9.72. The van der Waals surface area contributed by atoms with Crippen LogP contribution in [0.3, 0.4) is 0 Å². The average molecular weight is 243 g/mol. The van der Waals surface area contributed by atoms with E-state index in [1.165, 1.54) is 0 Å². The van der Waals surface area contributed by atoms with Gasteiger partial charge in [0.15, 0.2) is 0 Å². The molecule has 1 atom stereocenters. The lowest BCUT2D eigenvalue weighted by atomic mass is 9.86. The van der Waals surface area contributed by atoms with Gasteiger partial charge in [-0.3, -0.25) is 4.79 Å². The summed E-state index contributed by atoms with van der Waals surface area (Å²) in [5.41, 5.74) is -0.834. The molecule has 1 unspecified atom stereocenters. The molecule has 1 fully saturated rings. The van der Waals surface area contributed by atoms with Gasteiger partial charge in [-0.2, -0.15) is 0 Å². The van der Waals surface area contributed by atoms with Gasteiger partial charge in [0.25, 0.3) is 0 Å². The number of amides is 1. The van der Waals surface area contributed by atoms with Crippen LogP contribution in [0.1, 0.15) is 33.6 Å². The quantitative estimate of drug-likeness (QED) is 0.809. The predicted octanol–water partition coefficient (Wildman–Crippen LogP) is 1.28. The highest BCUT2D eigenvalue weighted by Gasteiger charge is 2.29. The van der Waals surface area contributed by atoms with Crippen LogP contribution in [0, 0.1) is 11.8 Å². The van der Waals surface area contributed by atoms with Crippen molar-refractivity contribution >= 4 is 5.91 Å². The lowest BCUT2D eigenvalue weighted by Gasteiger charge is -2.32. The molecule has 4 heteroatoms. The molecule has 1 aliphatic rings. The fourth-order valence-electron chi connectivity index (χ4n) is 2.42. The van der Waals surface area contributed by atoms with E-state index in [2.05, 4.69) is 0 Å². The molecule has 100 valence electrons. The van der Waals surface area contributed by atoms with Crippen LogP contribution >= 0.6 is 0 Å². The van der Waals surface area contributed by atoms with Gasteiger partial charge in [-0.25, -0.2) is 0 Å². The van der Waals surface area contributed by atoms with E-state index in [0.29, 0.717) is 12.5 Å². The molecule has 1 rings (SSSR count). The van der Waals surface area contributed by atoms with Gasteiger partial charge in [0.2, 0.25) is 5.91 Å². The zero-order valence-electron chi connectivity index (χ0n) is 11.4. The van der Waals surface area contributed by atoms with Crippen LogP contribution in [0.25, 0.3) is 0 Å². The van der Waals surface area contributed by atoms with E-state index in [4.69, 9.17) is 4.74 Å². The highest BCUT2D eigenvalue weighted by atomic mass is 16.5. The molecule has 1 heterocycles. The Morgan fingerprint density at radius 2 is 2.00 bits per heavy atom. The van der Waals surface area contributed by atoms with Crippen molar-refractivity contribution in [1.82, 2.24) is 4.90 Å². The number of aliphatic hydroxyl groups is 1. The summed E-state index contributed by atoms with van der Waals surface area (Å²) in [5.74, 6) is 0.561. The molecule has 1 amide bonds. The minimum absolute atomic E-state index is 0.0197. The third kappa shape index (κ3) is 4.64. The molecule has 17 heavy (non-hydrogen) atoms. The second kappa shape index (κ2) is 5.83. The summed E-state index contributed by atoms with van der Waals surface area (Å²) in [6.07, 6.45) is 1.92. The van der Waals surface area contributed by atoms with E-state index in [1.807, 2.05) is 6.92 Å². The Labute approximate surface area is 104 Å². The average Bonchev–Trinajstić information content (AvgIpc) is 2.26. The largest absolute Gasteiger partial charge is 0.389 e. The maximum absolute atomic E-state index is 12.2. The summed E-state index contributed by atoms with van der Waals surface area (Å²) in [7, 11) is 1.76. The molecule has 0 aliphatic carbocycles. The van der Waals surface area contributed by atoms with Crippen LogP contribution in [-0.2, 0) is 9.53 Å². The van der Waals surface area contributed by atoms with Crippen molar-refractivity contribution in [2.24, 2.45) is 11.8 Å². The monoisotopic (exact) mass is 243 g/mol. The van der Waals surface area contributed by atoms with Crippen molar-refractivity contribution in [1.29, 1.82) is 0 Å². The van der Waals surface area contributed by atoms with Gasteiger partial charge in [0.05, 0.1) is 5.60 Å². The Morgan fingerprint density at radius 1 is 1.47 bits per heavy atom. The Bertz CT molecular complexity index is 254. The fraction of sp³-hybridized carbons (Fsp3) is 0.923. The van der Waals surface area contributed by atoms with E-state index >= 15 is 0 Å². The third-order valence-corrected chi connectivity index (χ3v) is 3.36. The lowest BCUT2D eigenvalue weighted by molar-refractivity contribution is -0.139. The van der Waals surface area contributed by atoms with Crippen LogP contribution in [0.2, 0.25) is 0 Å². The van der Waals surface area contributed by atoms with E-state index < -0.39 is 5.60 Å². The minimum Gasteiger partial charge on any atom is -0.389 e. The maximum Gasteiger partial charge on any atom is 0.225 e. The van der Waals surface area contributed by atoms with Gasteiger partial charge < -0.3 is 14.7 Å².